The second-order valence-electron chi connectivity index (χ2n) is 6.70. The van der Waals surface area contributed by atoms with Crippen molar-refractivity contribution in [1.82, 2.24) is 9.62 Å². The summed E-state index contributed by atoms with van der Waals surface area (Å²) >= 11 is 0. The lowest BCUT2D eigenvalue weighted by Gasteiger charge is -2.31. The number of rotatable bonds is 7. The second kappa shape index (κ2) is 9.29. The molecule has 1 saturated heterocycles. The van der Waals surface area contributed by atoms with Gasteiger partial charge < -0.3 is 10.1 Å². The van der Waals surface area contributed by atoms with Crippen molar-refractivity contribution < 1.29 is 17.9 Å². The smallest absolute Gasteiger partial charge is 0.241 e. The lowest BCUT2D eigenvalue weighted by molar-refractivity contribution is -0.114. The van der Waals surface area contributed by atoms with Gasteiger partial charge in [0.2, 0.25) is 15.9 Å². The fourth-order valence-corrected chi connectivity index (χ4v) is 4.33. The van der Waals surface area contributed by atoms with Gasteiger partial charge in [0.05, 0.1) is 24.2 Å². The van der Waals surface area contributed by atoms with E-state index in [0.717, 1.165) is 18.7 Å². The van der Waals surface area contributed by atoms with E-state index in [1.807, 2.05) is 30.3 Å². The van der Waals surface area contributed by atoms with Crippen molar-refractivity contribution in [3.63, 3.8) is 0 Å². The summed E-state index contributed by atoms with van der Waals surface area (Å²) in [5.74, 6) is -0.205. The first-order valence-corrected chi connectivity index (χ1v) is 10.7. The number of carbonyl (C=O) groups is 1. The van der Waals surface area contributed by atoms with Crippen LogP contribution < -0.4 is 10.0 Å². The Hall–Kier alpha value is -2.26. The molecule has 1 aliphatic heterocycles. The molecule has 0 spiro atoms. The SMILES string of the molecule is CC(=O)Nc1ccc(S(=O)(=O)N[C@H](CN2CCOCC2)c2ccccc2)cc1. The molecular formula is C20H25N3O4S. The number of hydrogen-bond acceptors (Lipinski definition) is 5. The van der Waals surface area contributed by atoms with Crippen molar-refractivity contribution >= 4 is 21.6 Å². The molecule has 7 nitrogen and oxygen atoms in total. The fourth-order valence-electron chi connectivity index (χ4n) is 3.11. The summed E-state index contributed by atoms with van der Waals surface area (Å²) in [5, 5.41) is 2.63. The Morgan fingerprint density at radius 3 is 2.32 bits per heavy atom. The molecule has 28 heavy (non-hydrogen) atoms. The number of sulfonamides is 1. The molecule has 2 aromatic rings. The number of benzene rings is 2. The van der Waals surface area contributed by atoms with Crippen LogP contribution in [0.2, 0.25) is 0 Å². The summed E-state index contributed by atoms with van der Waals surface area (Å²) in [4.78, 5) is 13.5. The standard InChI is InChI=1S/C20H25N3O4S/c1-16(24)21-18-7-9-19(10-8-18)28(25,26)22-20(17-5-3-2-4-6-17)15-23-11-13-27-14-12-23/h2-10,20,22H,11-15H2,1H3,(H,21,24)/t20-/m1/s1. The highest BCUT2D eigenvalue weighted by atomic mass is 32.2. The third kappa shape index (κ3) is 5.62. The molecule has 0 unspecified atom stereocenters. The molecule has 150 valence electrons. The van der Waals surface area contributed by atoms with Crippen molar-refractivity contribution in [2.75, 3.05) is 38.2 Å². The Labute approximate surface area is 165 Å². The van der Waals surface area contributed by atoms with Crippen molar-refractivity contribution in [1.29, 1.82) is 0 Å². The van der Waals surface area contributed by atoms with E-state index in [1.54, 1.807) is 12.1 Å². The van der Waals surface area contributed by atoms with Crippen molar-refractivity contribution in [3.8, 4) is 0 Å². The van der Waals surface area contributed by atoms with Gasteiger partial charge in [-0.05, 0) is 29.8 Å². The molecule has 0 radical (unpaired) electrons. The van der Waals surface area contributed by atoms with Gasteiger partial charge in [0, 0.05) is 32.2 Å². The van der Waals surface area contributed by atoms with Gasteiger partial charge in [-0.3, -0.25) is 9.69 Å². The lowest BCUT2D eigenvalue weighted by atomic mass is 10.1. The second-order valence-corrected chi connectivity index (χ2v) is 8.42. The molecule has 0 aliphatic carbocycles. The zero-order chi connectivity index (χ0) is 20.0. The normalized spacial score (nSPS) is 16.5. The van der Waals surface area contributed by atoms with E-state index >= 15 is 0 Å². The van der Waals surface area contributed by atoms with Gasteiger partial charge in [0.15, 0.2) is 0 Å². The summed E-state index contributed by atoms with van der Waals surface area (Å²) < 4.78 is 34.1. The van der Waals surface area contributed by atoms with Gasteiger partial charge in [-0.25, -0.2) is 13.1 Å². The van der Waals surface area contributed by atoms with E-state index < -0.39 is 10.0 Å². The van der Waals surface area contributed by atoms with Crippen LogP contribution in [0.25, 0.3) is 0 Å². The maximum Gasteiger partial charge on any atom is 0.241 e. The molecule has 8 heteroatoms. The summed E-state index contributed by atoms with van der Waals surface area (Å²) in [5.41, 5.74) is 1.46. The maximum absolute atomic E-state index is 12.9. The van der Waals surface area contributed by atoms with Crippen molar-refractivity contribution in [2.24, 2.45) is 0 Å². The van der Waals surface area contributed by atoms with Crippen LogP contribution in [0.1, 0.15) is 18.5 Å². The van der Waals surface area contributed by atoms with Crippen LogP contribution in [0.5, 0.6) is 0 Å². The van der Waals surface area contributed by atoms with Gasteiger partial charge in [-0.1, -0.05) is 30.3 Å². The molecule has 1 aliphatic rings. The first-order valence-electron chi connectivity index (χ1n) is 9.19. The third-order valence-electron chi connectivity index (χ3n) is 4.53. The Morgan fingerprint density at radius 1 is 1.07 bits per heavy atom. The average Bonchev–Trinajstić information content (AvgIpc) is 2.69. The minimum Gasteiger partial charge on any atom is -0.379 e. The highest BCUT2D eigenvalue weighted by molar-refractivity contribution is 7.89. The van der Waals surface area contributed by atoms with Crippen LogP contribution in [0, 0.1) is 0 Å². The first-order chi connectivity index (χ1) is 13.4. The van der Waals surface area contributed by atoms with E-state index in [4.69, 9.17) is 4.74 Å². The van der Waals surface area contributed by atoms with Crippen LogP contribution >= 0.6 is 0 Å². The summed E-state index contributed by atoms with van der Waals surface area (Å²) in [6.07, 6.45) is 0. The number of hydrogen-bond donors (Lipinski definition) is 2. The topological polar surface area (TPSA) is 87.7 Å². The molecule has 0 aromatic heterocycles. The zero-order valence-corrected chi connectivity index (χ0v) is 16.6. The molecule has 0 saturated carbocycles. The fraction of sp³-hybridized carbons (Fsp3) is 0.350. The van der Waals surface area contributed by atoms with Gasteiger partial charge in [0.1, 0.15) is 0 Å². The summed E-state index contributed by atoms with van der Waals surface area (Å²) in [6.45, 7) is 4.82. The third-order valence-corrected chi connectivity index (χ3v) is 6.02. The van der Waals surface area contributed by atoms with E-state index in [1.165, 1.54) is 19.1 Å². The van der Waals surface area contributed by atoms with Gasteiger partial charge in [0.25, 0.3) is 0 Å². The lowest BCUT2D eigenvalue weighted by Crippen LogP contribution is -2.43. The molecular weight excluding hydrogens is 378 g/mol. The molecule has 1 atom stereocenters. The number of nitrogens with one attached hydrogen (secondary N) is 2. The number of ether oxygens (including phenoxy) is 1. The van der Waals surface area contributed by atoms with Gasteiger partial charge in [-0.15, -0.1) is 0 Å². The minimum atomic E-state index is -3.72. The van der Waals surface area contributed by atoms with Gasteiger partial charge >= 0.3 is 0 Å². The molecule has 0 bridgehead atoms. The highest BCUT2D eigenvalue weighted by Crippen LogP contribution is 2.20. The van der Waals surface area contributed by atoms with Crippen LogP contribution in [0.4, 0.5) is 5.69 Å². The molecule has 3 rings (SSSR count). The maximum atomic E-state index is 12.9. The monoisotopic (exact) mass is 403 g/mol. The molecule has 2 aromatic carbocycles. The molecule has 2 N–H and O–H groups in total. The van der Waals surface area contributed by atoms with E-state index in [0.29, 0.717) is 25.4 Å². The van der Waals surface area contributed by atoms with Crippen LogP contribution in [-0.2, 0) is 19.6 Å². The summed E-state index contributed by atoms with van der Waals surface area (Å²) in [7, 11) is -3.72. The first kappa shape index (κ1) is 20.5. The van der Waals surface area contributed by atoms with E-state index in [2.05, 4.69) is 14.9 Å². The number of morpholine rings is 1. The number of anilines is 1. The number of amides is 1. The Balaban J connectivity index is 1.79. The van der Waals surface area contributed by atoms with Gasteiger partial charge in [-0.2, -0.15) is 0 Å². The van der Waals surface area contributed by atoms with Crippen LogP contribution in [-0.4, -0.2) is 52.1 Å². The minimum absolute atomic E-state index is 0.157. The number of carbonyl (C=O) groups excluding carboxylic acids is 1. The summed E-state index contributed by atoms with van der Waals surface area (Å²) in [6, 6.07) is 15.3. The average molecular weight is 404 g/mol. The predicted molar refractivity (Wildman–Crippen MR) is 108 cm³/mol. The Morgan fingerprint density at radius 2 is 1.71 bits per heavy atom. The van der Waals surface area contributed by atoms with Crippen LogP contribution in [0.3, 0.4) is 0 Å². The Kier molecular flexibility index (Phi) is 6.79. The highest BCUT2D eigenvalue weighted by Gasteiger charge is 2.24. The van der Waals surface area contributed by atoms with Crippen LogP contribution in [0.15, 0.2) is 59.5 Å². The largest absolute Gasteiger partial charge is 0.379 e. The molecule has 1 heterocycles. The quantitative estimate of drug-likeness (QED) is 0.738. The zero-order valence-electron chi connectivity index (χ0n) is 15.8. The predicted octanol–water partition coefficient (Wildman–Crippen LogP) is 2.00. The van der Waals surface area contributed by atoms with Crippen molar-refractivity contribution in [3.05, 3.63) is 60.2 Å². The molecule has 1 amide bonds. The van der Waals surface area contributed by atoms with E-state index in [9.17, 15) is 13.2 Å². The molecule has 1 fully saturated rings. The van der Waals surface area contributed by atoms with Crippen molar-refractivity contribution in [2.45, 2.75) is 17.9 Å². The van der Waals surface area contributed by atoms with E-state index in [-0.39, 0.29) is 16.8 Å². The number of nitrogens with zero attached hydrogens (tertiary/aromatic N) is 1. The Bertz CT molecular complexity index is 879.